The summed E-state index contributed by atoms with van der Waals surface area (Å²) in [7, 11) is 1.77. The zero-order valence-electron chi connectivity index (χ0n) is 10.2. The van der Waals surface area contributed by atoms with Crippen molar-refractivity contribution in [3.63, 3.8) is 0 Å². The zero-order chi connectivity index (χ0) is 12.1. The average Bonchev–Trinajstić information content (AvgIpc) is 2.77. The van der Waals surface area contributed by atoms with Crippen molar-refractivity contribution in [2.75, 3.05) is 13.7 Å². The molecule has 2 atom stereocenters. The molecule has 2 rings (SSSR count). The summed E-state index contributed by atoms with van der Waals surface area (Å²) in [6, 6.07) is 10.4. The van der Waals surface area contributed by atoms with Gasteiger partial charge >= 0.3 is 0 Å². The van der Waals surface area contributed by atoms with Crippen LogP contribution in [0.25, 0.3) is 0 Å². The zero-order valence-corrected chi connectivity index (χ0v) is 10.2. The highest BCUT2D eigenvalue weighted by molar-refractivity contribution is 5.17. The van der Waals surface area contributed by atoms with E-state index in [2.05, 4.69) is 35.7 Å². The van der Waals surface area contributed by atoms with Crippen molar-refractivity contribution in [2.45, 2.75) is 18.9 Å². The van der Waals surface area contributed by atoms with Crippen LogP contribution >= 0.6 is 0 Å². The number of nitrogens with one attached hydrogen (secondary N) is 1. The monoisotopic (exact) mass is 232 g/mol. The maximum Gasteiger partial charge on any atom is 0.0922 e. The lowest BCUT2D eigenvalue weighted by atomic mass is 9.98. The minimum absolute atomic E-state index is 0.187. The van der Waals surface area contributed by atoms with E-state index in [0.717, 1.165) is 25.2 Å². The van der Waals surface area contributed by atoms with Crippen molar-refractivity contribution < 1.29 is 4.74 Å². The third kappa shape index (κ3) is 3.24. The molecule has 0 saturated heterocycles. The molecule has 1 aromatic rings. The van der Waals surface area contributed by atoms with Crippen LogP contribution in [0.1, 0.15) is 24.5 Å². The fourth-order valence-corrected chi connectivity index (χ4v) is 2.26. The third-order valence-electron chi connectivity index (χ3n) is 3.24. The predicted octanol–water partition coefficient (Wildman–Crippen LogP) is 2.17. The Labute approximate surface area is 103 Å². The first kappa shape index (κ1) is 12.0. The summed E-state index contributed by atoms with van der Waals surface area (Å²) in [6.07, 6.45) is 4.42. The SMILES string of the molecule is CO[C@@H](CC[C@H]1C=C(N)NC1)c1ccccc1. The summed E-state index contributed by atoms with van der Waals surface area (Å²) in [5, 5.41) is 3.15. The number of hydrogen-bond acceptors (Lipinski definition) is 3. The van der Waals surface area contributed by atoms with Gasteiger partial charge in [-0.2, -0.15) is 0 Å². The van der Waals surface area contributed by atoms with Gasteiger partial charge in [0, 0.05) is 13.7 Å². The van der Waals surface area contributed by atoms with E-state index in [4.69, 9.17) is 10.5 Å². The number of rotatable bonds is 5. The molecular weight excluding hydrogens is 212 g/mol. The molecule has 1 heterocycles. The summed E-state index contributed by atoms with van der Waals surface area (Å²) < 4.78 is 5.55. The average molecular weight is 232 g/mol. The Balaban J connectivity index is 1.88. The van der Waals surface area contributed by atoms with E-state index < -0.39 is 0 Å². The normalized spacial score (nSPS) is 20.8. The molecule has 0 radical (unpaired) electrons. The van der Waals surface area contributed by atoms with Crippen LogP contribution in [0.2, 0.25) is 0 Å². The van der Waals surface area contributed by atoms with Gasteiger partial charge in [0.2, 0.25) is 0 Å². The number of hydrogen-bond donors (Lipinski definition) is 2. The first-order valence-corrected chi connectivity index (χ1v) is 6.08. The smallest absolute Gasteiger partial charge is 0.0922 e. The maximum atomic E-state index is 5.69. The van der Waals surface area contributed by atoms with Crippen LogP contribution in [-0.2, 0) is 4.74 Å². The lowest BCUT2D eigenvalue weighted by Gasteiger charge is -2.17. The van der Waals surface area contributed by atoms with Gasteiger partial charge in [0.25, 0.3) is 0 Å². The molecule has 3 nitrogen and oxygen atoms in total. The Hall–Kier alpha value is -1.48. The van der Waals surface area contributed by atoms with Gasteiger partial charge in [0.1, 0.15) is 0 Å². The van der Waals surface area contributed by atoms with Crippen LogP contribution in [-0.4, -0.2) is 13.7 Å². The topological polar surface area (TPSA) is 47.3 Å². The van der Waals surface area contributed by atoms with Gasteiger partial charge in [-0.1, -0.05) is 30.3 Å². The second-order valence-electron chi connectivity index (χ2n) is 4.48. The summed E-state index contributed by atoms with van der Waals surface area (Å²) in [5.41, 5.74) is 6.94. The van der Waals surface area contributed by atoms with Gasteiger partial charge < -0.3 is 15.8 Å². The lowest BCUT2D eigenvalue weighted by Crippen LogP contribution is -2.16. The van der Waals surface area contributed by atoms with E-state index in [1.807, 2.05) is 6.07 Å². The summed E-state index contributed by atoms with van der Waals surface area (Å²) in [4.78, 5) is 0. The van der Waals surface area contributed by atoms with Crippen LogP contribution in [0.15, 0.2) is 42.2 Å². The highest BCUT2D eigenvalue weighted by Crippen LogP contribution is 2.25. The van der Waals surface area contributed by atoms with E-state index in [9.17, 15) is 0 Å². The van der Waals surface area contributed by atoms with Crippen LogP contribution in [0.5, 0.6) is 0 Å². The van der Waals surface area contributed by atoms with Gasteiger partial charge in [0.15, 0.2) is 0 Å². The summed E-state index contributed by atoms with van der Waals surface area (Å²) in [5.74, 6) is 1.35. The van der Waals surface area contributed by atoms with Crippen molar-refractivity contribution >= 4 is 0 Å². The van der Waals surface area contributed by atoms with Crippen LogP contribution in [0.3, 0.4) is 0 Å². The fourth-order valence-electron chi connectivity index (χ4n) is 2.26. The van der Waals surface area contributed by atoms with Crippen molar-refractivity contribution in [1.82, 2.24) is 5.32 Å². The standard InChI is InChI=1S/C14H20N2O/c1-17-13(12-5-3-2-4-6-12)8-7-11-9-14(15)16-10-11/h2-6,9,11,13,16H,7-8,10,15H2,1H3/t11-,13-/m0/s1. The van der Waals surface area contributed by atoms with E-state index in [1.54, 1.807) is 7.11 Å². The molecule has 0 aliphatic carbocycles. The molecule has 0 unspecified atom stereocenters. The summed E-state index contributed by atoms with van der Waals surface area (Å²) in [6.45, 7) is 0.955. The predicted molar refractivity (Wildman–Crippen MR) is 69.2 cm³/mol. The number of nitrogens with two attached hydrogens (primary N) is 1. The molecule has 1 aliphatic heterocycles. The van der Waals surface area contributed by atoms with E-state index in [0.29, 0.717) is 5.92 Å². The van der Waals surface area contributed by atoms with Gasteiger partial charge in [-0.05, 0) is 30.4 Å². The minimum Gasteiger partial charge on any atom is -0.386 e. The first-order chi connectivity index (χ1) is 8.29. The van der Waals surface area contributed by atoms with Crippen molar-refractivity contribution in [3.8, 4) is 0 Å². The first-order valence-electron chi connectivity index (χ1n) is 6.08. The van der Waals surface area contributed by atoms with E-state index >= 15 is 0 Å². The van der Waals surface area contributed by atoms with E-state index in [1.165, 1.54) is 5.56 Å². The van der Waals surface area contributed by atoms with Crippen molar-refractivity contribution in [2.24, 2.45) is 11.7 Å². The number of benzene rings is 1. The molecular formula is C14H20N2O. The van der Waals surface area contributed by atoms with Gasteiger partial charge in [-0.15, -0.1) is 0 Å². The van der Waals surface area contributed by atoms with Crippen LogP contribution < -0.4 is 11.1 Å². The van der Waals surface area contributed by atoms with Gasteiger partial charge in [-0.25, -0.2) is 0 Å². The fraction of sp³-hybridized carbons (Fsp3) is 0.429. The van der Waals surface area contributed by atoms with Crippen molar-refractivity contribution in [3.05, 3.63) is 47.8 Å². The highest BCUT2D eigenvalue weighted by Gasteiger charge is 2.16. The molecule has 1 aliphatic rings. The number of methoxy groups -OCH3 is 1. The Bertz CT molecular complexity index is 375. The molecule has 1 aromatic carbocycles. The molecule has 0 spiro atoms. The molecule has 0 fully saturated rings. The summed E-state index contributed by atoms with van der Waals surface area (Å²) >= 11 is 0. The lowest BCUT2D eigenvalue weighted by molar-refractivity contribution is 0.0912. The second kappa shape index (κ2) is 5.73. The largest absolute Gasteiger partial charge is 0.386 e. The Morgan fingerprint density at radius 2 is 2.18 bits per heavy atom. The molecule has 0 saturated carbocycles. The second-order valence-corrected chi connectivity index (χ2v) is 4.48. The quantitative estimate of drug-likeness (QED) is 0.818. The molecule has 3 N–H and O–H groups in total. The molecule has 0 bridgehead atoms. The molecule has 17 heavy (non-hydrogen) atoms. The Kier molecular flexibility index (Phi) is 4.04. The van der Waals surface area contributed by atoms with Gasteiger partial charge in [-0.3, -0.25) is 0 Å². The van der Waals surface area contributed by atoms with Gasteiger partial charge in [0.05, 0.1) is 11.9 Å². The van der Waals surface area contributed by atoms with Crippen LogP contribution in [0, 0.1) is 5.92 Å². The third-order valence-corrected chi connectivity index (χ3v) is 3.24. The van der Waals surface area contributed by atoms with Crippen LogP contribution in [0.4, 0.5) is 0 Å². The highest BCUT2D eigenvalue weighted by atomic mass is 16.5. The Morgan fingerprint density at radius 3 is 2.76 bits per heavy atom. The number of ether oxygens (including phenoxy) is 1. The molecule has 0 aromatic heterocycles. The minimum atomic E-state index is 0.187. The van der Waals surface area contributed by atoms with Crippen molar-refractivity contribution in [1.29, 1.82) is 0 Å². The molecule has 3 heteroatoms. The maximum absolute atomic E-state index is 5.69. The molecule has 92 valence electrons. The molecule has 0 amide bonds. The Morgan fingerprint density at radius 1 is 1.41 bits per heavy atom. The van der Waals surface area contributed by atoms with E-state index in [-0.39, 0.29) is 6.10 Å².